The van der Waals surface area contributed by atoms with E-state index in [1.807, 2.05) is 51.1 Å². The SMILES string of the molecule is CCCCC(CC)C(=O)N(CC(=O)Nc1cc(C(C)(C)C)nn1-c1ccc(OC)cc1)C(C)C. The lowest BCUT2D eigenvalue weighted by atomic mass is 9.92. The Hall–Kier alpha value is -2.83. The van der Waals surface area contributed by atoms with Crippen molar-refractivity contribution in [1.29, 1.82) is 0 Å². The lowest BCUT2D eigenvalue weighted by Crippen LogP contribution is -2.45. The molecule has 1 heterocycles. The number of hydrogen-bond acceptors (Lipinski definition) is 4. The van der Waals surface area contributed by atoms with Crippen LogP contribution in [0.1, 0.15) is 79.8 Å². The highest BCUT2D eigenvalue weighted by Crippen LogP contribution is 2.27. The molecule has 0 aliphatic carbocycles. The number of carbonyl (C=O) groups is 2. The van der Waals surface area contributed by atoms with Crippen molar-refractivity contribution in [2.75, 3.05) is 19.0 Å². The number of unbranched alkanes of at least 4 members (excludes halogenated alkanes) is 1. The summed E-state index contributed by atoms with van der Waals surface area (Å²) in [4.78, 5) is 28.0. The second-order valence-corrected chi connectivity index (χ2v) is 10.1. The van der Waals surface area contributed by atoms with Crippen molar-refractivity contribution in [3.05, 3.63) is 36.0 Å². The van der Waals surface area contributed by atoms with Crippen LogP contribution in [0.4, 0.5) is 5.82 Å². The number of nitrogens with zero attached hydrogens (tertiary/aromatic N) is 3. The van der Waals surface area contributed by atoms with Gasteiger partial charge in [-0.2, -0.15) is 5.10 Å². The number of methoxy groups -OCH3 is 1. The van der Waals surface area contributed by atoms with Crippen LogP contribution in [0.2, 0.25) is 0 Å². The van der Waals surface area contributed by atoms with Gasteiger partial charge in [-0.05, 0) is 51.0 Å². The van der Waals surface area contributed by atoms with Crippen molar-refractivity contribution in [2.24, 2.45) is 5.92 Å². The van der Waals surface area contributed by atoms with E-state index in [0.717, 1.165) is 42.8 Å². The number of nitrogens with one attached hydrogen (secondary N) is 1. The summed E-state index contributed by atoms with van der Waals surface area (Å²) in [5.41, 5.74) is 1.49. The topological polar surface area (TPSA) is 76.5 Å². The Balaban J connectivity index is 2.28. The van der Waals surface area contributed by atoms with Gasteiger partial charge in [-0.15, -0.1) is 0 Å². The molecule has 1 aromatic heterocycles. The third-order valence-corrected chi connectivity index (χ3v) is 6.03. The van der Waals surface area contributed by atoms with E-state index in [1.165, 1.54) is 0 Å². The van der Waals surface area contributed by atoms with Crippen LogP contribution in [0.25, 0.3) is 5.69 Å². The second-order valence-electron chi connectivity index (χ2n) is 10.1. The monoisotopic (exact) mass is 470 g/mol. The Bertz CT molecular complexity index is 942. The molecular weight excluding hydrogens is 428 g/mol. The molecule has 2 amide bonds. The Morgan fingerprint density at radius 1 is 1.15 bits per heavy atom. The number of aromatic nitrogens is 2. The number of ether oxygens (including phenoxy) is 1. The molecule has 0 spiro atoms. The van der Waals surface area contributed by atoms with E-state index in [2.05, 4.69) is 33.0 Å². The standard InChI is InChI=1S/C27H42N4O3/c1-9-11-12-20(10-2)26(33)30(19(3)4)18-25(32)28-24-17-23(27(5,6)7)29-31(24)21-13-15-22(34-8)16-14-21/h13-17,19-20H,9-12,18H2,1-8H3,(H,28,32). The molecule has 1 aromatic carbocycles. The highest BCUT2D eigenvalue weighted by atomic mass is 16.5. The summed E-state index contributed by atoms with van der Waals surface area (Å²) in [6, 6.07) is 9.36. The van der Waals surface area contributed by atoms with Crippen LogP contribution in [-0.2, 0) is 15.0 Å². The summed E-state index contributed by atoms with van der Waals surface area (Å²) >= 11 is 0. The molecule has 2 aromatic rings. The van der Waals surface area contributed by atoms with Crippen LogP contribution < -0.4 is 10.1 Å². The third-order valence-electron chi connectivity index (χ3n) is 6.03. The highest BCUT2D eigenvalue weighted by molar-refractivity contribution is 5.94. The van der Waals surface area contributed by atoms with Crippen molar-refractivity contribution in [1.82, 2.24) is 14.7 Å². The van der Waals surface area contributed by atoms with E-state index < -0.39 is 0 Å². The molecule has 0 aliphatic rings. The number of hydrogen-bond donors (Lipinski definition) is 1. The van der Waals surface area contributed by atoms with Gasteiger partial charge in [0, 0.05) is 23.4 Å². The molecule has 7 heteroatoms. The van der Waals surface area contributed by atoms with Crippen LogP contribution in [0.5, 0.6) is 5.75 Å². The smallest absolute Gasteiger partial charge is 0.245 e. The summed E-state index contributed by atoms with van der Waals surface area (Å²) in [6.45, 7) is 14.3. The van der Waals surface area contributed by atoms with E-state index >= 15 is 0 Å². The first-order valence-corrected chi connectivity index (χ1v) is 12.4. The molecule has 1 atom stereocenters. The molecule has 1 unspecified atom stereocenters. The summed E-state index contributed by atoms with van der Waals surface area (Å²) in [5.74, 6) is 1.10. The molecule has 2 rings (SSSR count). The normalized spacial score (nSPS) is 12.5. The Kier molecular flexibility index (Phi) is 9.71. The molecule has 7 nitrogen and oxygen atoms in total. The number of amides is 2. The van der Waals surface area contributed by atoms with Gasteiger partial charge in [-0.3, -0.25) is 9.59 Å². The average Bonchev–Trinajstić information content (AvgIpc) is 3.21. The first kappa shape index (κ1) is 27.4. The van der Waals surface area contributed by atoms with Crippen molar-refractivity contribution in [2.45, 2.75) is 85.6 Å². The minimum Gasteiger partial charge on any atom is -0.497 e. The van der Waals surface area contributed by atoms with Crippen molar-refractivity contribution in [3.8, 4) is 11.4 Å². The van der Waals surface area contributed by atoms with E-state index in [1.54, 1.807) is 16.7 Å². The Morgan fingerprint density at radius 2 is 1.79 bits per heavy atom. The van der Waals surface area contributed by atoms with Gasteiger partial charge in [0.25, 0.3) is 0 Å². The zero-order chi connectivity index (χ0) is 25.5. The average molecular weight is 471 g/mol. The number of carbonyl (C=O) groups excluding carboxylic acids is 2. The lowest BCUT2D eigenvalue weighted by molar-refractivity contribution is -0.140. The molecule has 0 saturated carbocycles. The summed E-state index contributed by atoms with van der Waals surface area (Å²) < 4.78 is 7.00. The van der Waals surface area contributed by atoms with Crippen LogP contribution in [-0.4, -0.2) is 46.2 Å². The third kappa shape index (κ3) is 7.08. The first-order chi connectivity index (χ1) is 16.0. The largest absolute Gasteiger partial charge is 0.497 e. The fraction of sp³-hybridized carbons (Fsp3) is 0.593. The molecule has 34 heavy (non-hydrogen) atoms. The minimum atomic E-state index is -0.234. The van der Waals surface area contributed by atoms with Crippen molar-refractivity contribution in [3.63, 3.8) is 0 Å². The first-order valence-electron chi connectivity index (χ1n) is 12.4. The lowest BCUT2D eigenvalue weighted by Gasteiger charge is -2.30. The zero-order valence-electron chi connectivity index (χ0n) is 22.1. The van der Waals surface area contributed by atoms with Gasteiger partial charge in [0.2, 0.25) is 11.8 Å². The molecule has 0 radical (unpaired) electrons. The van der Waals surface area contributed by atoms with E-state index in [0.29, 0.717) is 5.82 Å². The predicted molar refractivity (Wildman–Crippen MR) is 138 cm³/mol. The van der Waals surface area contributed by atoms with Gasteiger partial charge >= 0.3 is 0 Å². The number of anilines is 1. The van der Waals surface area contributed by atoms with Gasteiger partial charge in [0.1, 0.15) is 18.1 Å². The zero-order valence-corrected chi connectivity index (χ0v) is 22.1. The molecular formula is C27H42N4O3. The van der Waals surface area contributed by atoms with Gasteiger partial charge in [-0.25, -0.2) is 4.68 Å². The molecule has 0 aliphatic heterocycles. The molecule has 1 N–H and O–H groups in total. The molecule has 0 fully saturated rings. The second kappa shape index (κ2) is 12.0. The maximum Gasteiger partial charge on any atom is 0.245 e. The summed E-state index contributed by atoms with van der Waals surface area (Å²) in [7, 11) is 1.62. The predicted octanol–water partition coefficient (Wildman–Crippen LogP) is 5.57. The highest BCUT2D eigenvalue weighted by Gasteiger charge is 2.27. The number of benzene rings is 1. The molecule has 188 valence electrons. The van der Waals surface area contributed by atoms with Crippen LogP contribution in [0.3, 0.4) is 0 Å². The maximum absolute atomic E-state index is 13.2. The van der Waals surface area contributed by atoms with E-state index in [9.17, 15) is 9.59 Å². The van der Waals surface area contributed by atoms with E-state index in [-0.39, 0.29) is 35.7 Å². The van der Waals surface area contributed by atoms with Gasteiger partial charge in [0.15, 0.2) is 0 Å². The molecule has 0 bridgehead atoms. The Morgan fingerprint density at radius 3 is 2.29 bits per heavy atom. The van der Waals surface area contributed by atoms with Crippen molar-refractivity contribution >= 4 is 17.6 Å². The van der Waals surface area contributed by atoms with Crippen LogP contribution >= 0.6 is 0 Å². The maximum atomic E-state index is 13.2. The van der Waals surface area contributed by atoms with Gasteiger partial charge < -0.3 is 15.0 Å². The quantitative estimate of drug-likeness (QED) is 0.466. The van der Waals surface area contributed by atoms with E-state index in [4.69, 9.17) is 9.84 Å². The summed E-state index contributed by atoms with van der Waals surface area (Å²) in [5, 5.41) is 7.77. The van der Waals surface area contributed by atoms with Crippen LogP contribution in [0.15, 0.2) is 30.3 Å². The summed E-state index contributed by atoms with van der Waals surface area (Å²) in [6.07, 6.45) is 3.70. The van der Waals surface area contributed by atoms with Gasteiger partial charge in [-0.1, -0.05) is 47.5 Å². The minimum absolute atomic E-state index is 0.0117. The Labute approximate surface area is 204 Å². The fourth-order valence-electron chi connectivity index (χ4n) is 3.80. The van der Waals surface area contributed by atoms with Crippen molar-refractivity contribution < 1.29 is 14.3 Å². The van der Waals surface area contributed by atoms with Gasteiger partial charge in [0.05, 0.1) is 18.5 Å². The molecule has 0 saturated heterocycles. The van der Waals surface area contributed by atoms with Crippen LogP contribution in [0, 0.1) is 5.92 Å². The fourth-order valence-corrected chi connectivity index (χ4v) is 3.80. The number of rotatable bonds is 11.